The van der Waals surface area contributed by atoms with Crippen molar-refractivity contribution in [2.45, 2.75) is 18.9 Å². The van der Waals surface area contributed by atoms with Crippen LogP contribution in [-0.2, 0) is 4.79 Å². The molecule has 3 aliphatic heterocycles. The lowest BCUT2D eigenvalue weighted by Crippen LogP contribution is -2.58. The van der Waals surface area contributed by atoms with Gasteiger partial charge in [0, 0.05) is 12.6 Å². The number of fused-ring (bicyclic) bond motifs is 3. The third-order valence-electron chi connectivity index (χ3n) is 3.34. The van der Waals surface area contributed by atoms with Gasteiger partial charge in [-0.05, 0) is 38.9 Å². The van der Waals surface area contributed by atoms with E-state index in [0.29, 0.717) is 12.6 Å². The van der Waals surface area contributed by atoms with Crippen LogP contribution in [0, 0.1) is 5.92 Å². The zero-order chi connectivity index (χ0) is 9.97. The van der Waals surface area contributed by atoms with Crippen LogP contribution >= 0.6 is 0 Å². The predicted octanol–water partition coefficient (Wildman–Crippen LogP) is -0.584. The minimum atomic E-state index is 0.131. The molecular weight excluding hydrogens is 178 g/mol. The molecule has 4 nitrogen and oxygen atoms in total. The number of nitrogens with one attached hydrogen (secondary N) is 2. The predicted molar refractivity (Wildman–Crippen MR) is 55.0 cm³/mol. The molecule has 0 aliphatic carbocycles. The number of piperidine rings is 3. The Morgan fingerprint density at radius 1 is 1.43 bits per heavy atom. The second-order valence-electron chi connectivity index (χ2n) is 4.34. The molecule has 14 heavy (non-hydrogen) atoms. The second-order valence-corrected chi connectivity index (χ2v) is 4.34. The van der Waals surface area contributed by atoms with E-state index in [1.54, 1.807) is 7.05 Å². The van der Waals surface area contributed by atoms with E-state index < -0.39 is 0 Å². The van der Waals surface area contributed by atoms with Gasteiger partial charge in [-0.3, -0.25) is 4.79 Å². The van der Waals surface area contributed by atoms with Crippen LogP contribution in [-0.4, -0.2) is 50.1 Å². The Labute approximate surface area is 85.0 Å². The summed E-state index contributed by atoms with van der Waals surface area (Å²) in [6.45, 7) is 3.94. The highest BCUT2D eigenvalue weighted by molar-refractivity contribution is 5.78. The molecule has 1 unspecified atom stereocenters. The lowest BCUT2D eigenvalue weighted by atomic mass is 9.84. The Balaban J connectivity index is 1.83. The summed E-state index contributed by atoms with van der Waals surface area (Å²) in [5.41, 5.74) is 0. The maximum atomic E-state index is 11.4. The van der Waals surface area contributed by atoms with Crippen LogP contribution in [0.25, 0.3) is 0 Å². The second kappa shape index (κ2) is 4.28. The minimum absolute atomic E-state index is 0.131. The van der Waals surface area contributed by atoms with E-state index in [1.165, 1.54) is 25.9 Å². The molecule has 3 heterocycles. The van der Waals surface area contributed by atoms with Gasteiger partial charge in [0.2, 0.25) is 5.91 Å². The maximum Gasteiger partial charge on any atom is 0.234 e. The van der Waals surface area contributed by atoms with Gasteiger partial charge in [0.25, 0.3) is 0 Å². The fraction of sp³-hybridized carbons (Fsp3) is 0.900. The van der Waals surface area contributed by atoms with Gasteiger partial charge in [-0.25, -0.2) is 0 Å². The first-order valence-electron chi connectivity index (χ1n) is 5.46. The van der Waals surface area contributed by atoms with E-state index in [4.69, 9.17) is 0 Å². The normalized spacial score (nSPS) is 35.6. The first-order chi connectivity index (χ1) is 6.79. The van der Waals surface area contributed by atoms with Crippen molar-refractivity contribution < 1.29 is 4.79 Å². The molecule has 0 saturated carbocycles. The van der Waals surface area contributed by atoms with Crippen molar-refractivity contribution in [1.29, 1.82) is 0 Å². The Kier molecular flexibility index (Phi) is 3.03. The zero-order valence-corrected chi connectivity index (χ0v) is 8.75. The number of likely N-dealkylation sites (N-methyl/N-ethyl adjacent to an activating group) is 1. The van der Waals surface area contributed by atoms with Crippen molar-refractivity contribution >= 4 is 5.91 Å². The SMILES string of the molecule is CNCC(=O)NC1CN2CCC1CC2. The Bertz CT molecular complexity index is 211. The molecule has 0 radical (unpaired) electrons. The van der Waals surface area contributed by atoms with Crippen molar-refractivity contribution in [3.05, 3.63) is 0 Å². The quantitative estimate of drug-likeness (QED) is 0.636. The van der Waals surface area contributed by atoms with Crippen LogP contribution in [0.5, 0.6) is 0 Å². The number of hydrogen-bond donors (Lipinski definition) is 2. The summed E-state index contributed by atoms with van der Waals surface area (Å²) in [5, 5.41) is 5.98. The molecule has 1 amide bonds. The molecule has 3 aliphatic rings. The molecule has 0 aromatic heterocycles. The summed E-state index contributed by atoms with van der Waals surface area (Å²) in [6, 6.07) is 0.401. The highest BCUT2D eigenvalue weighted by Gasteiger charge is 2.34. The van der Waals surface area contributed by atoms with E-state index in [-0.39, 0.29) is 5.91 Å². The molecule has 80 valence electrons. The van der Waals surface area contributed by atoms with Gasteiger partial charge in [-0.2, -0.15) is 0 Å². The lowest BCUT2D eigenvalue weighted by Gasteiger charge is -2.44. The molecule has 0 aromatic rings. The smallest absolute Gasteiger partial charge is 0.234 e. The summed E-state index contributed by atoms with van der Waals surface area (Å²) < 4.78 is 0. The minimum Gasteiger partial charge on any atom is -0.351 e. The van der Waals surface area contributed by atoms with Crippen LogP contribution in [0.1, 0.15) is 12.8 Å². The van der Waals surface area contributed by atoms with E-state index in [9.17, 15) is 4.79 Å². The third-order valence-corrected chi connectivity index (χ3v) is 3.34. The van der Waals surface area contributed by atoms with Crippen LogP contribution in [0.3, 0.4) is 0 Å². The Hall–Kier alpha value is -0.610. The van der Waals surface area contributed by atoms with Gasteiger partial charge in [-0.1, -0.05) is 0 Å². The average Bonchev–Trinajstić information content (AvgIpc) is 2.19. The van der Waals surface area contributed by atoms with Gasteiger partial charge in [-0.15, -0.1) is 0 Å². The number of rotatable bonds is 3. The molecule has 2 bridgehead atoms. The van der Waals surface area contributed by atoms with Crippen LogP contribution in [0.15, 0.2) is 0 Å². The summed E-state index contributed by atoms with van der Waals surface area (Å²) in [7, 11) is 1.80. The molecule has 0 spiro atoms. The van der Waals surface area contributed by atoms with Gasteiger partial charge >= 0.3 is 0 Å². The van der Waals surface area contributed by atoms with E-state index in [2.05, 4.69) is 15.5 Å². The van der Waals surface area contributed by atoms with Gasteiger partial charge in [0.05, 0.1) is 6.54 Å². The summed E-state index contributed by atoms with van der Waals surface area (Å²) in [6.07, 6.45) is 2.51. The molecule has 3 saturated heterocycles. The van der Waals surface area contributed by atoms with Crippen molar-refractivity contribution in [2.75, 3.05) is 33.2 Å². The largest absolute Gasteiger partial charge is 0.351 e. The molecule has 4 heteroatoms. The molecule has 1 atom stereocenters. The summed E-state index contributed by atoms with van der Waals surface area (Å²) in [5.74, 6) is 0.854. The standard InChI is InChI=1S/C10H19N3O/c1-11-6-10(14)12-9-7-13-4-2-8(9)3-5-13/h8-9,11H,2-7H2,1H3,(H,12,14). The van der Waals surface area contributed by atoms with Crippen LogP contribution in [0.4, 0.5) is 0 Å². The molecule has 3 fully saturated rings. The first-order valence-corrected chi connectivity index (χ1v) is 5.46. The first kappa shape index (κ1) is 9.93. The summed E-state index contributed by atoms with van der Waals surface area (Å²) >= 11 is 0. The molecule has 3 rings (SSSR count). The van der Waals surface area contributed by atoms with Crippen molar-refractivity contribution in [2.24, 2.45) is 5.92 Å². The van der Waals surface area contributed by atoms with Crippen LogP contribution in [0.2, 0.25) is 0 Å². The fourth-order valence-electron chi connectivity index (χ4n) is 2.55. The van der Waals surface area contributed by atoms with E-state index >= 15 is 0 Å². The number of amides is 1. The number of nitrogens with zero attached hydrogens (tertiary/aromatic N) is 1. The monoisotopic (exact) mass is 197 g/mol. The highest BCUT2D eigenvalue weighted by Crippen LogP contribution is 2.27. The lowest BCUT2D eigenvalue weighted by molar-refractivity contribution is -0.122. The molecule has 0 aromatic carbocycles. The zero-order valence-electron chi connectivity index (χ0n) is 8.75. The number of hydrogen-bond acceptors (Lipinski definition) is 3. The number of carbonyl (C=O) groups excluding carboxylic acids is 1. The topological polar surface area (TPSA) is 44.4 Å². The Morgan fingerprint density at radius 3 is 2.64 bits per heavy atom. The van der Waals surface area contributed by atoms with Gasteiger partial charge < -0.3 is 15.5 Å². The third kappa shape index (κ3) is 2.07. The van der Waals surface area contributed by atoms with Gasteiger partial charge in [0.1, 0.15) is 0 Å². The van der Waals surface area contributed by atoms with Crippen molar-refractivity contribution in [3.63, 3.8) is 0 Å². The summed E-state index contributed by atoms with van der Waals surface area (Å²) in [4.78, 5) is 13.8. The van der Waals surface area contributed by atoms with E-state index in [0.717, 1.165) is 12.5 Å². The fourth-order valence-corrected chi connectivity index (χ4v) is 2.55. The maximum absolute atomic E-state index is 11.4. The average molecular weight is 197 g/mol. The van der Waals surface area contributed by atoms with Crippen molar-refractivity contribution in [1.82, 2.24) is 15.5 Å². The van der Waals surface area contributed by atoms with E-state index in [1.807, 2.05) is 0 Å². The number of carbonyl (C=O) groups is 1. The van der Waals surface area contributed by atoms with Gasteiger partial charge in [0.15, 0.2) is 0 Å². The Morgan fingerprint density at radius 2 is 2.14 bits per heavy atom. The van der Waals surface area contributed by atoms with Crippen LogP contribution < -0.4 is 10.6 Å². The highest BCUT2D eigenvalue weighted by atomic mass is 16.2. The van der Waals surface area contributed by atoms with Crippen molar-refractivity contribution in [3.8, 4) is 0 Å². The molecular formula is C10H19N3O. The molecule has 2 N–H and O–H groups in total.